The molecule has 8 heteroatoms. The van der Waals surface area contributed by atoms with E-state index >= 15 is 0 Å². The number of nitrogens with zero attached hydrogens (tertiary/aromatic N) is 1. The molecule has 1 aliphatic rings. The number of nitro groups is 1. The quantitative estimate of drug-likeness (QED) is 0.344. The Balaban J connectivity index is 1.80. The Labute approximate surface area is 154 Å². The van der Waals surface area contributed by atoms with Crippen molar-refractivity contribution in [1.29, 1.82) is 0 Å². The molecule has 0 atom stereocenters. The zero-order chi connectivity index (χ0) is 19.6. The van der Waals surface area contributed by atoms with Crippen molar-refractivity contribution in [3.8, 4) is 11.5 Å². The minimum Gasteiger partial charge on any atom is -0.486 e. The largest absolute Gasteiger partial charge is 0.486 e. The molecule has 0 fully saturated rings. The first-order valence-corrected chi connectivity index (χ1v) is 8.22. The van der Waals surface area contributed by atoms with Gasteiger partial charge in [-0.25, -0.2) is 4.79 Å². The molecule has 3 rings (SSSR count). The molecule has 1 aliphatic heterocycles. The minimum atomic E-state index is -0.975. The summed E-state index contributed by atoms with van der Waals surface area (Å²) in [4.78, 5) is 35.3. The smallest absolute Gasteiger partial charge is 0.345 e. The second kappa shape index (κ2) is 7.45. The number of aryl methyl sites for hydroxylation is 2. The van der Waals surface area contributed by atoms with Gasteiger partial charge in [0.2, 0.25) is 5.78 Å². The van der Waals surface area contributed by atoms with Gasteiger partial charge < -0.3 is 14.2 Å². The molecule has 0 saturated heterocycles. The van der Waals surface area contributed by atoms with Crippen LogP contribution in [0.4, 0.5) is 5.69 Å². The maximum atomic E-state index is 12.4. The van der Waals surface area contributed by atoms with Gasteiger partial charge in [-0.15, -0.1) is 0 Å². The number of hydrogen-bond donors (Lipinski definition) is 0. The second-order valence-electron chi connectivity index (χ2n) is 6.09. The van der Waals surface area contributed by atoms with Crippen LogP contribution in [-0.4, -0.2) is 36.5 Å². The molecule has 2 aromatic carbocycles. The highest BCUT2D eigenvalue weighted by Crippen LogP contribution is 2.36. The van der Waals surface area contributed by atoms with Crippen LogP contribution in [0, 0.1) is 24.0 Å². The van der Waals surface area contributed by atoms with E-state index in [4.69, 9.17) is 14.2 Å². The number of esters is 1. The highest BCUT2D eigenvalue weighted by molar-refractivity contribution is 6.01. The summed E-state index contributed by atoms with van der Waals surface area (Å²) in [5.74, 6) is -0.947. The highest BCUT2D eigenvalue weighted by Gasteiger charge is 2.28. The fourth-order valence-electron chi connectivity index (χ4n) is 2.72. The van der Waals surface area contributed by atoms with Crippen LogP contribution in [-0.2, 0) is 4.74 Å². The van der Waals surface area contributed by atoms with Gasteiger partial charge in [-0.1, -0.05) is 17.7 Å². The number of benzene rings is 2. The normalized spacial score (nSPS) is 12.4. The third-order valence-electron chi connectivity index (χ3n) is 4.10. The Bertz CT molecular complexity index is 936. The molecule has 8 nitrogen and oxygen atoms in total. The molecule has 0 aliphatic carbocycles. The zero-order valence-corrected chi connectivity index (χ0v) is 14.8. The molecule has 0 N–H and O–H groups in total. The van der Waals surface area contributed by atoms with Crippen molar-refractivity contribution in [2.45, 2.75) is 13.8 Å². The standard InChI is InChI=1S/C19H17NO7/c1-11-3-4-12(2)13(7-11)16(21)10-27-19(22)14-8-17-18(26-6-5-25-17)9-15(14)20(23)24/h3-4,7-9H,5-6,10H2,1-2H3. The van der Waals surface area contributed by atoms with Crippen molar-refractivity contribution in [3.63, 3.8) is 0 Å². The Morgan fingerprint density at radius 2 is 1.74 bits per heavy atom. The predicted molar refractivity (Wildman–Crippen MR) is 94.6 cm³/mol. The summed E-state index contributed by atoms with van der Waals surface area (Å²) in [6, 6.07) is 7.71. The monoisotopic (exact) mass is 371 g/mol. The van der Waals surface area contributed by atoms with Crippen molar-refractivity contribution < 1.29 is 28.7 Å². The Morgan fingerprint density at radius 3 is 2.41 bits per heavy atom. The molecular weight excluding hydrogens is 354 g/mol. The number of carbonyl (C=O) groups excluding carboxylic acids is 2. The van der Waals surface area contributed by atoms with Crippen molar-refractivity contribution in [2.24, 2.45) is 0 Å². The maximum absolute atomic E-state index is 12.4. The lowest BCUT2D eigenvalue weighted by Crippen LogP contribution is -2.19. The number of carbonyl (C=O) groups is 2. The van der Waals surface area contributed by atoms with Crippen LogP contribution in [0.3, 0.4) is 0 Å². The summed E-state index contributed by atoms with van der Waals surface area (Å²) in [6.45, 7) is 3.64. The summed E-state index contributed by atoms with van der Waals surface area (Å²) < 4.78 is 15.7. The van der Waals surface area contributed by atoms with Crippen molar-refractivity contribution in [3.05, 3.63) is 62.7 Å². The van der Waals surface area contributed by atoms with E-state index in [1.165, 1.54) is 6.07 Å². The molecule has 0 saturated carbocycles. The van der Waals surface area contributed by atoms with E-state index < -0.39 is 23.2 Å². The van der Waals surface area contributed by atoms with Gasteiger partial charge in [-0.05, 0) is 25.5 Å². The maximum Gasteiger partial charge on any atom is 0.345 e. The van der Waals surface area contributed by atoms with Gasteiger partial charge in [0.25, 0.3) is 5.69 Å². The van der Waals surface area contributed by atoms with E-state index in [0.29, 0.717) is 5.56 Å². The molecule has 2 aromatic rings. The Hall–Kier alpha value is -3.42. The third kappa shape index (κ3) is 3.89. The van der Waals surface area contributed by atoms with E-state index in [9.17, 15) is 19.7 Å². The highest BCUT2D eigenvalue weighted by atomic mass is 16.6. The average Bonchev–Trinajstić information content (AvgIpc) is 2.66. The average molecular weight is 371 g/mol. The molecular formula is C19H17NO7. The molecule has 0 aromatic heterocycles. The fraction of sp³-hybridized carbons (Fsp3) is 0.263. The van der Waals surface area contributed by atoms with Crippen LogP contribution in [0.25, 0.3) is 0 Å². The lowest BCUT2D eigenvalue weighted by molar-refractivity contribution is -0.385. The van der Waals surface area contributed by atoms with E-state index in [1.54, 1.807) is 19.1 Å². The predicted octanol–water partition coefficient (Wildman–Crippen LogP) is 3.02. The van der Waals surface area contributed by atoms with Crippen molar-refractivity contribution in [2.75, 3.05) is 19.8 Å². The van der Waals surface area contributed by atoms with Crippen LogP contribution in [0.5, 0.6) is 11.5 Å². The fourth-order valence-corrected chi connectivity index (χ4v) is 2.72. The number of rotatable bonds is 5. The Kier molecular flexibility index (Phi) is 5.07. The number of nitro benzene ring substituents is 1. The van der Waals surface area contributed by atoms with Gasteiger partial charge >= 0.3 is 5.97 Å². The molecule has 0 unspecified atom stereocenters. The number of hydrogen-bond acceptors (Lipinski definition) is 7. The van der Waals surface area contributed by atoms with Gasteiger partial charge in [0.15, 0.2) is 18.1 Å². The van der Waals surface area contributed by atoms with Gasteiger partial charge in [0.1, 0.15) is 18.8 Å². The minimum absolute atomic E-state index is 0.191. The number of ketones is 1. The molecule has 1 heterocycles. The van der Waals surface area contributed by atoms with Crippen LogP contribution >= 0.6 is 0 Å². The van der Waals surface area contributed by atoms with E-state index in [0.717, 1.165) is 17.2 Å². The first kappa shape index (κ1) is 18.4. The summed E-state index contributed by atoms with van der Waals surface area (Å²) in [7, 11) is 0. The molecule has 0 spiro atoms. The number of ether oxygens (including phenoxy) is 3. The summed E-state index contributed by atoms with van der Waals surface area (Å²) in [5, 5.41) is 11.3. The first-order chi connectivity index (χ1) is 12.9. The lowest BCUT2D eigenvalue weighted by atomic mass is 10.0. The molecule has 0 bridgehead atoms. The van der Waals surface area contributed by atoms with Gasteiger partial charge in [0.05, 0.1) is 11.0 Å². The van der Waals surface area contributed by atoms with E-state index in [1.807, 2.05) is 13.0 Å². The summed E-state index contributed by atoms with van der Waals surface area (Å²) in [6.07, 6.45) is 0. The first-order valence-electron chi connectivity index (χ1n) is 8.22. The van der Waals surface area contributed by atoms with Gasteiger partial charge in [0, 0.05) is 11.6 Å². The summed E-state index contributed by atoms with van der Waals surface area (Å²) in [5.41, 5.74) is 1.34. The van der Waals surface area contributed by atoms with Crippen LogP contribution < -0.4 is 9.47 Å². The molecule has 0 radical (unpaired) electrons. The van der Waals surface area contributed by atoms with Crippen LogP contribution in [0.2, 0.25) is 0 Å². The summed E-state index contributed by atoms with van der Waals surface area (Å²) >= 11 is 0. The molecule has 140 valence electrons. The zero-order valence-electron chi connectivity index (χ0n) is 14.8. The van der Waals surface area contributed by atoms with Gasteiger partial charge in [-0.3, -0.25) is 14.9 Å². The van der Waals surface area contributed by atoms with Crippen molar-refractivity contribution in [1.82, 2.24) is 0 Å². The number of Topliss-reactive ketones (excluding diaryl/α,β-unsaturated/α-hetero) is 1. The number of fused-ring (bicyclic) bond motifs is 1. The van der Waals surface area contributed by atoms with Crippen LogP contribution in [0.1, 0.15) is 31.8 Å². The SMILES string of the molecule is Cc1ccc(C)c(C(=O)COC(=O)c2cc3c(cc2[N+](=O)[O-])OCCO3)c1. The third-order valence-corrected chi connectivity index (χ3v) is 4.10. The molecule has 0 amide bonds. The van der Waals surface area contributed by atoms with E-state index in [-0.39, 0.29) is 36.1 Å². The van der Waals surface area contributed by atoms with Crippen LogP contribution in [0.15, 0.2) is 30.3 Å². The molecule has 27 heavy (non-hydrogen) atoms. The van der Waals surface area contributed by atoms with E-state index in [2.05, 4.69) is 0 Å². The lowest BCUT2D eigenvalue weighted by Gasteiger charge is -2.18. The van der Waals surface area contributed by atoms with Gasteiger partial charge in [-0.2, -0.15) is 0 Å². The Morgan fingerprint density at radius 1 is 1.07 bits per heavy atom. The topological polar surface area (TPSA) is 105 Å². The second-order valence-corrected chi connectivity index (χ2v) is 6.09. The van der Waals surface area contributed by atoms with Crippen molar-refractivity contribution >= 4 is 17.4 Å².